The molecule has 224 valence electrons. The van der Waals surface area contributed by atoms with E-state index in [-0.39, 0.29) is 18.4 Å². The summed E-state index contributed by atoms with van der Waals surface area (Å²) in [7, 11) is 0. The highest BCUT2D eigenvalue weighted by atomic mass is 16.2. The van der Waals surface area contributed by atoms with Crippen LogP contribution in [0.4, 0.5) is 0 Å². The van der Waals surface area contributed by atoms with Gasteiger partial charge >= 0.3 is 0 Å². The Bertz CT molecular complexity index is 1430. The van der Waals surface area contributed by atoms with Crippen LogP contribution >= 0.6 is 0 Å². The quantitative estimate of drug-likeness (QED) is 0.244. The number of carbonyl (C=O) groups is 5. The molecule has 43 heavy (non-hydrogen) atoms. The van der Waals surface area contributed by atoms with Gasteiger partial charge in [-0.15, -0.1) is 0 Å². The molecule has 0 spiro atoms. The fourth-order valence-electron chi connectivity index (χ4n) is 5.14. The van der Waals surface area contributed by atoms with Crippen molar-refractivity contribution in [2.75, 3.05) is 0 Å². The fourth-order valence-corrected chi connectivity index (χ4v) is 5.14. The molecule has 1 aliphatic carbocycles. The Balaban J connectivity index is 1.37. The number of ketones is 1. The van der Waals surface area contributed by atoms with Crippen LogP contribution in [-0.2, 0) is 38.4 Å². The molecule has 3 atom stereocenters. The maximum Gasteiger partial charge on any atom is 0.289 e. The molecule has 1 aliphatic rings. The summed E-state index contributed by atoms with van der Waals surface area (Å²) in [5.74, 6) is -3.46. The summed E-state index contributed by atoms with van der Waals surface area (Å²) in [5, 5.41) is 10.9. The highest BCUT2D eigenvalue weighted by Gasteiger charge is 2.34. The molecular formula is C34H38N4O5. The minimum atomic E-state index is -1.08. The predicted octanol–water partition coefficient (Wildman–Crippen LogP) is 2.53. The van der Waals surface area contributed by atoms with Crippen LogP contribution in [0.15, 0.2) is 84.9 Å². The SMILES string of the molecule is CC(C)[C@H](NC(=O)[C@H](C)NC(=O)[C@H](Cc1ccccc1)NC(=O)c1ccccc1)C(=O)C(=O)NC1Cc2ccccc2C1. The van der Waals surface area contributed by atoms with Crippen LogP contribution in [-0.4, -0.2) is 53.6 Å². The maximum absolute atomic E-state index is 13.3. The van der Waals surface area contributed by atoms with Crippen molar-refractivity contribution in [2.24, 2.45) is 5.92 Å². The highest BCUT2D eigenvalue weighted by molar-refractivity contribution is 6.38. The number of nitrogens with one attached hydrogen (secondary N) is 4. The summed E-state index contributed by atoms with van der Waals surface area (Å²) in [5.41, 5.74) is 3.51. The molecule has 9 heteroatoms. The molecule has 3 aromatic carbocycles. The Morgan fingerprint density at radius 1 is 0.698 bits per heavy atom. The van der Waals surface area contributed by atoms with Gasteiger partial charge in [-0.05, 0) is 54.5 Å². The number of Topliss-reactive ketones (excluding diaryl/α,β-unsaturated/α-hetero) is 1. The van der Waals surface area contributed by atoms with E-state index in [9.17, 15) is 24.0 Å². The Hall–Kier alpha value is -4.79. The maximum atomic E-state index is 13.3. The molecule has 4 rings (SSSR count). The first kappa shape index (κ1) is 31.2. The first-order valence-corrected chi connectivity index (χ1v) is 14.5. The molecule has 4 N–H and O–H groups in total. The van der Waals surface area contributed by atoms with Crippen LogP contribution in [0, 0.1) is 5.92 Å². The average molecular weight is 583 g/mol. The fraction of sp³-hybridized carbons (Fsp3) is 0.324. The van der Waals surface area contributed by atoms with E-state index in [4.69, 9.17) is 0 Å². The van der Waals surface area contributed by atoms with Crippen LogP contribution in [0.3, 0.4) is 0 Å². The van der Waals surface area contributed by atoms with E-state index >= 15 is 0 Å². The van der Waals surface area contributed by atoms with Gasteiger partial charge < -0.3 is 21.3 Å². The van der Waals surface area contributed by atoms with Crippen LogP contribution in [0.1, 0.15) is 47.8 Å². The van der Waals surface area contributed by atoms with Crippen molar-refractivity contribution in [3.05, 3.63) is 107 Å². The third-order valence-electron chi connectivity index (χ3n) is 7.55. The normalized spacial score (nSPS) is 14.6. The molecular weight excluding hydrogens is 544 g/mol. The van der Waals surface area contributed by atoms with Crippen LogP contribution in [0.5, 0.6) is 0 Å². The Morgan fingerprint density at radius 3 is 1.84 bits per heavy atom. The zero-order chi connectivity index (χ0) is 30.9. The van der Waals surface area contributed by atoms with E-state index in [1.165, 1.54) is 6.92 Å². The van der Waals surface area contributed by atoms with Crippen molar-refractivity contribution in [3.63, 3.8) is 0 Å². The lowest BCUT2D eigenvalue weighted by molar-refractivity contribution is -0.141. The summed E-state index contributed by atoms with van der Waals surface area (Å²) in [6, 6.07) is 22.4. The molecule has 0 unspecified atom stereocenters. The lowest BCUT2D eigenvalue weighted by atomic mass is 9.98. The largest absolute Gasteiger partial charge is 0.346 e. The van der Waals surface area contributed by atoms with Crippen molar-refractivity contribution in [1.29, 1.82) is 0 Å². The van der Waals surface area contributed by atoms with E-state index < -0.39 is 47.5 Å². The Morgan fingerprint density at radius 2 is 1.26 bits per heavy atom. The lowest BCUT2D eigenvalue weighted by Gasteiger charge is -2.25. The highest BCUT2D eigenvalue weighted by Crippen LogP contribution is 2.21. The third kappa shape index (κ3) is 8.38. The van der Waals surface area contributed by atoms with Crippen molar-refractivity contribution >= 4 is 29.4 Å². The Kier molecular flexibility index (Phi) is 10.4. The van der Waals surface area contributed by atoms with Crippen molar-refractivity contribution in [3.8, 4) is 0 Å². The summed E-state index contributed by atoms with van der Waals surface area (Å²) in [6.45, 7) is 4.96. The third-order valence-corrected chi connectivity index (χ3v) is 7.55. The first-order valence-electron chi connectivity index (χ1n) is 14.5. The molecule has 9 nitrogen and oxygen atoms in total. The number of carbonyl (C=O) groups excluding carboxylic acids is 5. The average Bonchev–Trinajstić information content (AvgIpc) is 3.42. The van der Waals surface area contributed by atoms with Gasteiger partial charge in [-0.25, -0.2) is 0 Å². The van der Waals surface area contributed by atoms with Gasteiger partial charge in [0.2, 0.25) is 17.6 Å². The topological polar surface area (TPSA) is 133 Å². The van der Waals surface area contributed by atoms with E-state index in [0.29, 0.717) is 18.4 Å². The molecule has 0 fully saturated rings. The van der Waals surface area contributed by atoms with E-state index in [1.807, 2.05) is 54.6 Å². The number of hydrogen-bond acceptors (Lipinski definition) is 5. The van der Waals surface area contributed by atoms with Crippen LogP contribution < -0.4 is 21.3 Å². The minimum absolute atomic E-state index is 0.191. The van der Waals surface area contributed by atoms with Gasteiger partial charge in [0, 0.05) is 18.0 Å². The van der Waals surface area contributed by atoms with Gasteiger partial charge in [-0.2, -0.15) is 0 Å². The predicted molar refractivity (Wildman–Crippen MR) is 163 cm³/mol. The molecule has 0 bridgehead atoms. The lowest BCUT2D eigenvalue weighted by Crippen LogP contribution is -2.57. The second-order valence-corrected chi connectivity index (χ2v) is 11.3. The summed E-state index contributed by atoms with van der Waals surface area (Å²) in [4.78, 5) is 65.4. The smallest absolute Gasteiger partial charge is 0.289 e. The minimum Gasteiger partial charge on any atom is -0.346 e. The second kappa shape index (κ2) is 14.4. The van der Waals surface area contributed by atoms with Crippen LogP contribution in [0.2, 0.25) is 0 Å². The standard InChI is InChI=1S/C34H38N4O5/c1-21(2)29(30(39)34(43)36-27-19-25-16-10-11-17-26(25)20-27)38-31(40)22(3)35-33(42)28(18-23-12-6-4-7-13-23)37-32(41)24-14-8-5-9-15-24/h4-17,21-22,27-29H,18-20H2,1-3H3,(H,35,42)(H,36,43)(H,37,41)(H,38,40)/t22-,28-,29-/m0/s1. The number of fused-ring (bicyclic) bond motifs is 1. The van der Waals surface area contributed by atoms with E-state index in [2.05, 4.69) is 21.3 Å². The molecule has 0 aromatic heterocycles. The molecule has 3 aromatic rings. The summed E-state index contributed by atoms with van der Waals surface area (Å²) >= 11 is 0. The molecule has 0 saturated heterocycles. The molecule has 0 heterocycles. The number of benzene rings is 3. The molecule has 0 saturated carbocycles. The summed E-state index contributed by atoms with van der Waals surface area (Å²) in [6.07, 6.45) is 1.49. The summed E-state index contributed by atoms with van der Waals surface area (Å²) < 4.78 is 0. The van der Waals surface area contributed by atoms with Gasteiger partial charge in [0.1, 0.15) is 12.1 Å². The number of rotatable bonds is 12. The number of hydrogen-bond donors (Lipinski definition) is 4. The molecule has 4 amide bonds. The monoisotopic (exact) mass is 582 g/mol. The first-order chi connectivity index (χ1) is 20.6. The molecule has 0 aliphatic heterocycles. The van der Waals surface area contributed by atoms with Gasteiger partial charge in [0.25, 0.3) is 11.8 Å². The zero-order valence-electron chi connectivity index (χ0n) is 24.6. The van der Waals surface area contributed by atoms with Crippen molar-refractivity contribution < 1.29 is 24.0 Å². The van der Waals surface area contributed by atoms with Gasteiger partial charge in [-0.1, -0.05) is 86.6 Å². The number of amides is 4. The van der Waals surface area contributed by atoms with Gasteiger partial charge in [0.05, 0.1) is 6.04 Å². The zero-order valence-corrected chi connectivity index (χ0v) is 24.6. The Labute approximate surface area is 251 Å². The van der Waals surface area contributed by atoms with Crippen LogP contribution in [0.25, 0.3) is 0 Å². The van der Waals surface area contributed by atoms with Gasteiger partial charge in [0.15, 0.2) is 0 Å². The van der Waals surface area contributed by atoms with Crippen molar-refractivity contribution in [1.82, 2.24) is 21.3 Å². The van der Waals surface area contributed by atoms with E-state index in [0.717, 1.165) is 16.7 Å². The van der Waals surface area contributed by atoms with Gasteiger partial charge in [-0.3, -0.25) is 24.0 Å². The van der Waals surface area contributed by atoms with E-state index in [1.54, 1.807) is 44.2 Å². The van der Waals surface area contributed by atoms with Crippen molar-refractivity contribution in [2.45, 2.75) is 64.2 Å². The molecule has 0 radical (unpaired) electrons. The second-order valence-electron chi connectivity index (χ2n) is 11.3.